The van der Waals surface area contributed by atoms with Crippen molar-refractivity contribution in [2.75, 3.05) is 0 Å². The number of hydrogen-bond acceptors (Lipinski definition) is 0. The van der Waals surface area contributed by atoms with E-state index >= 15 is 0 Å². The quantitative estimate of drug-likeness (QED) is 0.540. The average Bonchev–Trinajstić information content (AvgIpc) is 3.17. The smallest absolute Gasteiger partial charge is 1.00 e. The SMILES string of the molecule is C=C1[C-]=C(c2ccccc2)C(C)=C1.C=C1[C-]=C(c2ccccc2)C(C)=C1.[Cl-].[Cl-].[Zr+4]. The van der Waals surface area contributed by atoms with Crippen LogP contribution in [0.3, 0.4) is 0 Å². The van der Waals surface area contributed by atoms with Crippen molar-refractivity contribution in [1.29, 1.82) is 0 Å². The van der Waals surface area contributed by atoms with Crippen molar-refractivity contribution >= 4 is 11.1 Å². The van der Waals surface area contributed by atoms with E-state index in [1.54, 1.807) is 0 Å². The third kappa shape index (κ3) is 7.27. The Bertz CT molecular complexity index is 881. The van der Waals surface area contributed by atoms with Crippen LogP contribution in [0.4, 0.5) is 0 Å². The van der Waals surface area contributed by atoms with Gasteiger partial charge in [-0.05, 0) is 0 Å². The zero-order valence-corrected chi connectivity index (χ0v) is 20.6. The van der Waals surface area contributed by atoms with E-state index in [0.29, 0.717) is 0 Å². The van der Waals surface area contributed by atoms with Gasteiger partial charge in [0, 0.05) is 0 Å². The molecule has 29 heavy (non-hydrogen) atoms. The second-order valence-electron chi connectivity index (χ2n) is 6.44. The third-order valence-corrected chi connectivity index (χ3v) is 4.27. The van der Waals surface area contributed by atoms with Crippen LogP contribution in [0.5, 0.6) is 0 Å². The maximum absolute atomic E-state index is 3.87. The zero-order chi connectivity index (χ0) is 18.5. The van der Waals surface area contributed by atoms with Crippen LogP contribution in [0, 0.1) is 12.2 Å². The molecule has 0 aliphatic heterocycles. The molecule has 0 saturated heterocycles. The van der Waals surface area contributed by atoms with E-state index in [1.165, 1.54) is 33.4 Å². The second-order valence-corrected chi connectivity index (χ2v) is 6.44. The summed E-state index contributed by atoms with van der Waals surface area (Å²) in [6.07, 6.45) is 10.6. The van der Waals surface area contributed by atoms with Crippen molar-refractivity contribution in [1.82, 2.24) is 0 Å². The Kier molecular flexibility index (Phi) is 12.1. The van der Waals surface area contributed by atoms with Gasteiger partial charge in [-0.3, -0.25) is 0 Å². The van der Waals surface area contributed by atoms with Gasteiger partial charge in [0.25, 0.3) is 0 Å². The summed E-state index contributed by atoms with van der Waals surface area (Å²) in [4.78, 5) is 0. The molecule has 0 saturated carbocycles. The summed E-state index contributed by atoms with van der Waals surface area (Å²) in [5.74, 6) is 0. The summed E-state index contributed by atoms with van der Waals surface area (Å²) >= 11 is 0. The maximum Gasteiger partial charge on any atom is 4.00 e. The first kappa shape index (κ1) is 27.3. The average molecular weight is 497 g/mol. The minimum absolute atomic E-state index is 0. The fourth-order valence-electron chi connectivity index (χ4n) is 3.07. The monoisotopic (exact) mass is 494 g/mol. The van der Waals surface area contributed by atoms with Gasteiger partial charge < -0.3 is 24.8 Å². The van der Waals surface area contributed by atoms with Gasteiger partial charge in [0.05, 0.1) is 0 Å². The second kappa shape index (κ2) is 12.8. The van der Waals surface area contributed by atoms with Crippen molar-refractivity contribution in [2.24, 2.45) is 0 Å². The molecule has 4 rings (SSSR count). The Hall–Kier alpha value is -1.66. The molecule has 2 aromatic carbocycles. The first-order valence-corrected chi connectivity index (χ1v) is 8.68. The van der Waals surface area contributed by atoms with Crippen LogP contribution in [0.1, 0.15) is 25.0 Å². The number of halogens is 2. The largest absolute Gasteiger partial charge is 4.00 e. The van der Waals surface area contributed by atoms with Gasteiger partial charge in [-0.1, -0.05) is 85.6 Å². The van der Waals surface area contributed by atoms with Crippen LogP contribution in [-0.4, -0.2) is 0 Å². The minimum Gasteiger partial charge on any atom is -1.00 e. The van der Waals surface area contributed by atoms with Gasteiger partial charge in [-0.15, -0.1) is 57.7 Å². The fraction of sp³-hybridized carbons (Fsp3) is 0.0769. The molecule has 0 N–H and O–H groups in total. The Morgan fingerprint density at radius 1 is 0.586 bits per heavy atom. The van der Waals surface area contributed by atoms with Crippen molar-refractivity contribution in [3.05, 3.63) is 132 Å². The van der Waals surface area contributed by atoms with E-state index in [0.717, 1.165) is 11.1 Å². The summed E-state index contributed by atoms with van der Waals surface area (Å²) in [5.41, 5.74) is 9.21. The summed E-state index contributed by atoms with van der Waals surface area (Å²) < 4.78 is 0. The number of hydrogen-bond donors (Lipinski definition) is 0. The zero-order valence-electron chi connectivity index (χ0n) is 16.6. The molecule has 0 spiro atoms. The molecule has 0 radical (unpaired) electrons. The molecule has 0 unspecified atom stereocenters. The van der Waals surface area contributed by atoms with Crippen LogP contribution in [0.15, 0.2) is 108 Å². The van der Waals surface area contributed by atoms with E-state index in [2.05, 4.69) is 75.6 Å². The molecule has 2 aliphatic rings. The summed E-state index contributed by atoms with van der Waals surface area (Å²) in [5, 5.41) is 0. The molecular weight excluding hydrogens is 474 g/mol. The first-order valence-electron chi connectivity index (χ1n) is 8.68. The van der Waals surface area contributed by atoms with Crippen LogP contribution in [0.2, 0.25) is 0 Å². The first-order chi connectivity index (χ1) is 12.5. The molecular formula is C26H22Cl2Zr. The molecule has 144 valence electrons. The minimum atomic E-state index is 0. The van der Waals surface area contributed by atoms with Crippen molar-refractivity contribution in [3.8, 4) is 0 Å². The molecule has 2 aliphatic carbocycles. The topological polar surface area (TPSA) is 0 Å². The van der Waals surface area contributed by atoms with Crippen LogP contribution in [0.25, 0.3) is 11.1 Å². The number of rotatable bonds is 2. The van der Waals surface area contributed by atoms with E-state index in [-0.39, 0.29) is 51.0 Å². The third-order valence-electron chi connectivity index (χ3n) is 4.27. The Labute approximate surface area is 206 Å². The molecule has 0 heterocycles. The Morgan fingerprint density at radius 2 is 0.897 bits per heavy atom. The normalized spacial score (nSPS) is 14.0. The van der Waals surface area contributed by atoms with Gasteiger partial charge in [-0.2, -0.15) is 13.2 Å². The van der Waals surface area contributed by atoms with E-state index in [1.807, 2.05) is 36.4 Å². The molecule has 0 atom stereocenters. The maximum atomic E-state index is 3.87. The van der Waals surface area contributed by atoms with Crippen molar-refractivity contribution < 1.29 is 51.0 Å². The molecule has 0 fully saturated rings. The molecule has 3 heteroatoms. The Balaban J connectivity index is 0.000000490. The number of benzene rings is 2. The van der Waals surface area contributed by atoms with Gasteiger partial charge >= 0.3 is 26.2 Å². The standard InChI is InChI=1S/2C13H11.2ClH.Zr/c2*1-10-8-11(2)13(9-10)12-6-4-3-5-7-12;;;/h2*3-8H,1H2,2H3;2*1H;/q2*-1;;;+4/p-2. The molecule has 0 bridgehead atoms. The van der Waals surface area contributed by atoms with Crippen LogP contribution >= 0.6 is 0 Å². The van der Waals surface area contributed by atoms with Gasteiger partial charge in [-0.25, -0.2) is 0 Å². The van der Waals surface area contributed by atoms with Gasteiger partial charge in [0.2, 0.25) is 0 Å². The molecule has 0 aromatic heterocycles. The molecule has 0 nitrogen and oxygen atoms in total. The summed E-state index contributed by atoms with van der Waals surface area (Å²) in [6.45, 7) is 11.9. The van der Waals surface area contributed by atoms with Crippen LogP contribution < -0.4 is 24.8 Å². The summed E-state index contributed by atoms with van der Waals surface area (Å²) in [6, 6.07) is 20.6. The molecule has 0 amide bonds. The van der Waals surface area contributed by atoms with Crippen LogP contribution in [-0.2, 0) is 26.2 Å². The van der Waals surface area contributed by atoms with Crippen molar-refractivity contribution in [2.45, 2.75) is 13.8 Å². The van der Waals surface area contributed by atoms with E-state index < -0.39 is 0 Å². The van der Waals surface area contributed by atoms with E-state index in [9.17, 15) is 0 Å². The fourth-order valence-corrected chi connectivity index (χ4v) is 3.07. The van der Waals surface area contributed by atoms with E-state index in [4.69, 9.17) is 0 Å². The predicted octanol–water partition coefficient (Wildman–Crippen LogP) is 0.784. The predicted molar refractivity (Wildman–Crippen MR) is 112 cm³/mol. The van der Waals surface area contributed by atoms with Gasteiger partial charge in [0.1, 0.15) is 0 Å². The Morgan fingerprint density at radius 3 is 1.14 bits per heavy atom. The summed E-state index contributed by atoms with van der Waals surface area (Å²) in [7, 11) is 0. The molecule has 2 aromatic rings. The van der Waals surface area contributed by atoms with Gasteiger partial charge in [0.15, 0.2) is 0 Å². The van der Waals surface area contributed by atoms with Crippen molar-refractivity contribution in [3.63, 3.8) is 0 Å². The number of allylic oxidation sites excluding steroid dienone is 10.